The molecule has 0 aliphatic carbocycles. The molecule has 1 saturated heterocycles. The zero-order valence-corrected chi connectivity index (χ0v) is 9.62. The summed E-state index contributed by atoms with van der Waals surface area (Å²) >= 11 is 0. The Kier molecular flexibility index (Phi) is 3.71. The number of halogens is 2. The van der Waals surface area contributed by atoms with E-state index in [0.717, 1.165) is 6.42 Å². The van der Waals surface area contributed by atoms with E-state index in [1.54, 1.807) is 0 Å². The Morgan fingerprint density at radius 2 is 2.06 bits per heavy atom. The van der Waals surface area contributed by atoms with Crippen molar-refractivity contribution in [3.8, 4) is 0 Å². The molecule has 0 bridgehead atoms. The molecule has 5 heteroatoms. The van der Waals surface area contributed by atoms with E-state index in [4.69, 9.17) is 10.6 Å². The molecule has 2 rings (SSSR count). The van der Waals surface area contributed by atoms with E-state index >= 15 is 0 Å². The summed E-state index contributed by atoms with van der Waals surface area (Å²) in [7, 11) is 0. The van der Waals surface area contributed by atoms with Crippen molar-refractivity contribution in [2.24, 2.45) is 11.8 Å². The molecule has 3 atom stereocenters. The van der Waals surface area contributed by atoms with Gasteiger partial charge in [-0.2, -0.15) is 0 Å². The van der Waals surface area contributed by atoms with Crippen molar-refractivity contribution in [2.45, 2.75) is 25.5 Å². The largest absolute Gasteiger partial charge is 0.376 e. The molecule has 1 aromatic carbocycles. The second-order valence-electron chi connectivity index (χ2n) is 4.38. The first-order valence-corrected chi connectivity index (χ1v) is 5.66. The minimum Gasteiger partial charge on any atom is -0.376 e. The molecule has 0 spiro atoms. The second kappa shape index (κ2) is 5.08. The van der Waals surface area contributed by atoms with Crippen LogP contribution in [0.15, 0.2) is 18.2 Å². The van der Waals surface area contributed by atoms with Crippen molar-refractivity contribution in [3.63, 3.8) is 0 Å². The van der Waals surface area contributed by atoms with E-state index in [-0.39, 0.29) is 17.6 Å². The van der Waals surface area contributed by atoms with Crippen molar-refractivity contribution >= 4 is 0 Å². The molecule has 1 fully saturated rings. The van der Waals surface area contributed by atoms with Gasteiger partial charge in [-0.05, 0) is 24.5 Å². The quantitative estimate of drug-likeness (QED) is 0.628. The van der Waals surface area contributed by atoms with Crippen molar-refractivity contribution in [1.82, 2.24) is 5.43 Å². The van der Waals surface area contributed by atoms with Crippen LogP contribution in [-0.2, 0) is 4.74 Å². The summed E-state index contributed by atoms with van der Waals surface area (Å²) in [6.45, 7) is 2.58. The van der Waals surface area contributed by atoms with E-state index in [2.05, 4.69) is 5.43 Å². The van der Waals surface area contributed by atoms with Crippen LogP contribution < -0.4 is 11.3 Å². The molecule has 1 aliphatic rings. The third-order valence-electron chi connectivity index (χ3n) is 3.26. The van der Waals surface area contributed by atoms with Gasteiger partial charge in [0, 0.05) is 12.2 Å². The van der Waals surface area contributed by atoms with Crippen LogP contribution in [0.5, 0.6) is 0 Å². The van der Waals surface area contributed by atoms with Gasteiger partial charge in [0.15, 0.2) is 0 Å². The standard InChI is InChI=1S/C12H16F2N2O/c1-7-5-6-17-12(7)11(16-15)10-8(13)3-2-4-9(10)14/h2-4,7,11-12,16H,5-6,15H2,1H3. The van der Waals surface area contributed by atoms with Gasteiger partial charge in [0.2, 0.25) is 0 Å². The Balaban J connectivity index is 2.35. The van der Waals surface area contributed by atoms with Gasteiger partial charge in [-0.1, -0.05) is 13.0 Å². The highest BCUT2D eigenvalue weighted by Crippen LogP contribution is 2.33. The molecule has 0 aromatic heterocycles. The number of ether oxygens (including phenoxy) is 1. The monoisotopic (exact) mass is 242 g/mol. The summed E-state index contributed by atoms with van der Waals surface area (Å²) in [6, 6.07) is 3.12. The number of nitrogens with two attached hydrogens (primary N) is 1. The number of rotatable bonds is 3. The first kappa shape index (κ1) is 12.4. The van der Waals surface area contributed by atoms with Crippen LogP contribution in [0.1, 0.15) is 24.9 Å². The summed E-state index contributed by atoms with van der Waals surface area (Å²) in [4.78, 5) is 0. The van der Waals surface area contributed by atoms with Crippen LogP contribution in [0.25, 0.3) is 0 Å². The molecule has 3 unspecified atom stereocenters. The van der Waals surface area contributed by atoms with Gasteiger partial charge in [0.05, 0.1) is 12.1 Å². The summed E-state index contributed by atoms with van der Waals surface area (Å²) < 4.78 is 32.9. The lowest BCUT2D eigenvalue weighted by molar-refractivity contribution is 0.0584. The highest BCUT2D eigenvalue weighted by atomic mass is 19.1. The first-order valence-electron chi connectivity index (χ1n) is 5.66. The fourth-order valence-electron chi connectivity index (χ4n) is 2.29. The maximum absolute atomic E-state index is 13.7. The van der Waals surface area contributed by atoms with E-state index in [1.807, 2.05) is 6.92 Å². The maximum atomic E-state index is 13.7. The lowest BCUT2D eigenvalue weighted by atomic mass is 9.92. The second-order valence-corrected chi connectivity index (χ2v) is 4.38. The first-order chi connectivity index (χ1) is 8.15. The normalized spacial score (nSPS) is 26.1. The molecule has 0 radical (unpaired) electrons. The minimum atomic E-state index is -0.659. The summed E-state index contributed by atoms with van der Waals surface area (Å²) in [5.74, 6) is 4.44. The Labute approximate surface area is 98.9 Å². The predicted molar refractivity (Wildman–Crippen MR) is 59.9 cm³/mol. The Bertz CT molecular complexity index is 380. The molecule has 0 amide bonds. The number of benzene rings is 1. The van der Waals surface area contributed by atoms with Crippen LogP contribution >= 0.6 is 0 Å². The maximum Gasteiger partial charge on any atom is 0.131 e. The molecule has 3 nitrogen and oxygen atoms in total. The number of hydrogen-bond donors (Lipinski definition) is 2. The van der Waals surface area contributed by atoms with E-state index in [9.17, 15) is 8.78 Å². The zero-order valence-electron chi connectivity index (χ0n) is 9.62. The molecule has 1 heterocycles. The SMILES string of the molecule is CC1CCOC1C(NN)c1c(F)cccc1F. The Morgan fingerprint density at radius 3 is 2.53 bits per heavy atom. The molecule has 1 aromatic rings. The Morgan fingerprint density at radius 1 is 1.41 bits per heavy atom. The number of hydrogen-bond acceptors (Lipinski definition) is 3. The van der Waals surface area contributed by atoms with Crippen LogP contribution in [0.2, 0.25) is 0 Å². The van der Waals surface area contributed by atoms with Gasteiger partial charge in [-0.3, -0.25) is 11.3 Å². The fraction of sp³-hybridized carbons (Fsp3) is 0.500. The highest BCUT2D eigenvalue weighted by Gasteiger charge is 2.35. The average Bonchev–Trinajstić information content (AvgIpc) is 2.70. The van der Waals surface area contributed by atoms with Crippen LogP contribution in [0.3, 0.4) is 0 Å². The van der Waals surface area contributed by atoms with Gasteiger partial charge >= 0.3 is 0 Å². The van der Waals surface area contributed by atoms with Gasteiger partial charge < -0.3 is 4.74 Å². The van der Waals surface area contributed by atoms with Crippen molar-refractivity contribution in [3.05, 3.63) is 35.4 Å². The van der Waals surface area contributed by atoms with Gasteiger partial charge in [0.25, 0.3) is 0 Å². The number of nitrogens with one attached hydrogen (secondary N) is 1. The van der Waals surface area contributed by atoms with E-state index in [1.165, 1.54) is 18.2 Å². The van der Waals surface area contributed by atoms with Crippen molar-refractivity contribution < 1.29 is 13.5 Å². The summed E-state index contributed by atoms with van der Waals surface area (Å²) in [5.41, 5.74) is 2.42. The van der Waals surface area contributed by atoms with E-state index in [0.29, 0.717) is 6.61 Å². The summed E-state index contributed by atoms with van der Waals surface area (Å²) in [5, 5.41) is 0. The van der Waals surface area contributed by atoms with Gasteiger partial charge in [0.1, 0.15) is 11.6 Å². The van der Waals surface area contributed by atoms with Gasteiger partial charge in [-0.15, -0.1) is 0 Å². The fourth-order valence-corrected chi connectivity index (χ4v) is 2.29. The molecular formula is C12H16F2N2O. The smallest absolute Gasteiger partial charge is 0.131 e. The minimum absolute atomic E-state index is 0.0475. The van der Waals surface area contributed by atoms with Crippen LogP contribution in [0, 0.1) is 17.6 Å². The zero-order chi connectivity index (χ0) is 12.4. The van der Waals surface area contributed by atoms with Crippen LogP contribution in [0.4, 0.5) is 8.78 Å². The number of hydrazine groups is 1. The van der Waals surface area contributed by atoms with Crippen molar-refractivity contribution in [2.75, 3.05) is 6.61 Å². The van der Waals surface area contributed by atoms with Crippen LogP contribution in [-0.4, -0.2) is 12.7 Å². The molecular weight excluding hydrogens is 226 g/mol. The molecule has 94 valence electrons. The van der Waals surface area contributed by atoms with Gasteiger partial charge in [-0.25, -0.2) is 8.78 Å². The highest BCUT2D eigenvalue weighted by molar-refractivity contribution is 5.24. The Hall–Kier alpha value is -1.04. The third-order valence-corrected chi connectivity index (χ3v) is 3.26. The average molecular weight is 242 g/mol. The topological polar surface area (TPSA) is 47.3 Å². The lowest BCUT2D eigenvalue weighted by Gasteiger charge is -2.26. The molecule has 17 heavy (non-hydrogen) atoms. The molecule has 1 aliphatic heterocycles. The predicted octanol–water partition coefficient (Wildman–Crippen LogP) is 1.89. The third kappa shape index (κ3) is 2.31. The van der Waals surface area contributed by atoms with E-state index < -0.39 is 17.7 Å². The lowest BCUT2D eigenvalue weighted by Crippen LogP contribution is -2.39. The molecule has 3 N–H and O–H groups in total. The summed E-state index contributed by atoms with van der Waals surface area (Å²) in [6.07, 6.45) is 0.574. The molecule has 0 saturated carbocycles. The van der Waals surface area contributed by atoms with Crippen molar-refractivity contribution in [1.29, 1.82) is 0 Å².